The molecule has 0 aliphatic heterocycles. The molecule has 0 saturated heterocycles. The van der Waals surface area contributed by atoms with E-state index in [1.54, 1.807) is 24.3 Å². The maximum Gasteiger partial charge on any atom is 0.120 e. The molecule has 0 amide bonds. The third-order valence-corrected chi connectivity index (χ3v) is 2.52. The maximum absolute atomic E-state index is 9.74. The van der Waals surface area contributed by atoms with Gasteiger partial charge in [-0.2, -0.15) is 5.26 Å². The first-order valence-electron chi connectivity index (χ1n) is 6.28. The van der Waals surface area contributed by atoms with Gasteiger partial charge in [-0.15, -0.1) is 0 Å². The Morgan fingerprint density at radius 2 is 2.26 bits per heavy atom. The molecule has 0 saturated carbocycles. The first-order chi connectivity index (χ1) is 9.11. The van der Waals surface area contributed by atoms with E-state index in [4.69, 9.17) is 10.00 Å². The lowest BCUT2D eigenvalue weighted by atomic mass is 10.2. The maximum atomic E-state index is 9.74. The van der Waals surface area contributed by atoms with E-state index in [-0.39, 0.29) is 6.61 Å². The molecular formula is C14H21N3O2. The number of aliphatic hydroxyl groups excluding tert-OH is 1. The van der Waals surface area contributed by atoms with Crippen molar-refractivity contribution in [1.82, 2.24) is 10.2 Å². The van der Waals surface area contributed by atoms with Gasteiger partial charge in [-0.05, 0) is 32.3 Å². The molecule has 0 bridgehead atoms. The zero-order valence-electron chi connectivity index (χ0n) is 11.5. The molecule has 0 radical (unpaired) electrons. The van der Waals surface area contributed by atoms with Crippen LogP contribution in [0.15, 0.2) is 24.3 Å². The van der Waals surface area contributed by atoms with Gasteiger partial charge in [0.25, 0.3) is 0 Å². The van der Waals surface area contributed by atoms with Crippen LogP contribution in [0, 0.1) is 11.3 Å². The summed E-state index contributed by atoms with van der Waals surface area (Å²) in [5.41, 5.74) is 0.552. The zero-order valence-corrected chi connectivity index (χ0v) is 11.5. The van der Waals surface area contributed by atoms with E-state index in [1.165, 1.54) is 0 Å². The summed E-state index contributed by atoms with van der Waals surface area (Å²) in [5.74, 6) is 0.603. The van der Waals surface area contributed by atoms with Crippen LogP contribution in [0.25, 0.3) is 0 Å². The number of nitriles is 1. The van der Waals surface area contributed by atoms with Crippen LogP contribution >= 0.6 is 0 Å². The smallest absolute Gasteiger partial charge is 0.120 e. The number of hydrogen-bond donors (Lipinski definition) is 2. The summed E-state index contributed by atoms with van der Waals surface area (Å²) in [4.78, 5) is 2.07. The van der Waals surface area contributed by atoms with Gasteiger partial charge >= 0.3 is 0 Å². The quantitative estimate of drug-likeness (QED) is 0.667. The third kappa shape index (κ3) is 6.77. The molecule has 0 fully saturated rings. The number of hydrogen-bond acceptors (Lipinski definition) is 5. The topological polar surface area (TPSA) is 68.5 Å². The lowest BCUT2D eigenvalue weighted by Gasteiger charge is -2.14. The number of likely N-dealkylation sites (N-methyl/N-ethyl adjacent to an activating group) is 1. The van der Waals surface area contributed by atoms with Crippen LogP contribution in [0.2, 0.25) is 0 Å². The second kappa shape index (κ2) is 8.48. The van der Waals surface area contributed by atoms with Crippen molar-refractivity contribution in [2.24, 2.45) is 0 Å². The molecule has 5 heteroatoms. The molecule has 0 aromatic heterocycles. The van der Waals surface area contributed by atoms with E-state index in [2.05, 4.69) is 10.2 Å². The minimum absolute atomic E-state index is 0.212. The van der Waals surface area contributed by atoms with Crippen LogP contribution in [-0.4, -0.2) is 56.4 Å². The molecule has 1 unspecified atom stereocenters. The molecule has 5 nitrogen and oxygen atoms in total. The minimum Gasteiger partial charge on any atom is -0.491 e. The predicted molar refractivity (Wildman–Crippen MR) is 74.1 cm³/mol. The Hall–Kier alpha value is -1.61. The molecule has 1 atom stereocenters. The first-order valence-corrected chi connectivity index (χ1v) is 6.28. The Kier molecular flexibility index (Phi) is 6.90. The van der Waals surface area contributed by atoms with Gasteiger partial charge in [0.05, 0.1) is 11.6 Å². The number of nitrogens with zero attached hydrogens (tertiary/aromatic N) is 2. The molecule has 0 aliphatic rings. The van der Waals surface area contributed by atoms with Crippen molar-refractivity contribution >= 4 is 0 Å². The van der Waals surface area contributed by atoms with Crippen LogP contribution in [-0.2, 0) is 0 Å². The van der Waals surface area contributed by atoms with E-state index >= 15 is 0 Å². The third-order valence-electron chi connectivity index (χ3n) is 2.52. The summed E-state index contributed by atoms with van der Waals surface area (Å²) in [7, 11) is 4.01. The fraction of sp³-hybridized carbons (Fsp3) is 0.500. The molecular weight excluding hydrogens is 242 g/mol. The van der Waals surface area contributed by atoms with Crippen molar-refractivity contribution in [2.45, 2.75) is 6.10 Å². The number of nitrogens with one attached hydrogen (secondary N) is 1. The fourth-order valence-electron chi connectivity index (χ4n) is 1.48. The van der Waals surface area contributed by atoms with Crippen molar-refractivity contribution in [1.29, 1.82) is 5.26 Å². The highest BCUT2D eigenvalue weighted by Gasteiger charge is 2.05. The Morgan fingerprint density at radius 1 is 1.47 bits per heavy atom. The number of aliphatic hydroxyl groups is 1. The lowest BCUT2D eigenvalue weighted by molar-refractivity contribution is 0.106. The van der Waals surface area contributed by atoms with E-state index < -0.39 is 6.10 Å². The Balaban J connectivity index is 2.22. The van der Waals surface area contributed by atoms with Crippen molar-refractivity contribution < 1.29 is 9.84 Å². The lowest BCUT2D eigenvalue weighted by Crippen LogP contribution is -2.35. The van der Waals surface area contributed by atoms with Crippen molar-refractivity contribution in [3.05, 3.63) is 29.8 Å². The molecule has 19 heavy (non-hydrogen) atoms. The van der Waals surface area contributed by atoms with Gasteiger partial charge in [0, 0.05) is 19.6 Å². The minimum atomic E-state index is -0.562. The monoisotopic (exact) mass is 263 g/mol. The number of rotatable bonds is 8. The highest BCUT2D eigenvalue weighted by atomic mass is 16.5. The summed E-state index contributed by atoms with van der Waals surface area (Å²) >= 11 is 0. The van der Waals surface area contributed by atoms with E-state index in [0.29, 0.717) is 17.9 Å². The normalized spacial score (nSPS) is 12.2. The largest absolute Gasteiger partial charge is 0.491 e. The van der Waals surface area contributed by atoms with Crippen LogP contribution in [0.3, 0.4) is 0 Å². The van der Waals surface area contributed by atoms with E-state index in [0.717, 1.165) is 13.1 Å². The van der Waals surface area contributed by atoms with Crippen LogP contribution < -0.4 is 10.1 Å². The molecule has 1 aromatic rings. The summed E-state index contributed by atoms with van der Waals surface area (Å²) in [6.07, 6.45) is -0.562. The Morgan fingerprint density at radius 3 is 2.95 bits per heavy atom. The molecule has 1 rings (SSSR count). The molecule has 1 aromatic carbocycles. The average molecular weight is 263 g/mol. The van der Waals surface area contributed by atoms with Crippen LogP contribution in [0.5, 0.6) is 5.75 Å². The summed E-state index contributed by atoms with van der Waals surface area (Å²) < 4.78 is 5.44. The van der Waals surface area contributed by atoms with Gasteiger partial charge in [-0.1, -0.05) is 6.07 Å². The van der Waals surface area contributed by atoms with Crippen LogP contribution in [0.1, 0.15) is 5.56 Å². The zero-order chi connectivity index (χ0) is 14.1. The van der Waals surface area contributed by atoms with Crippen molar-refractivity contribution in [3.63, 3.8) is 0 Å². The number of benzene rings is 1. The van der Waals surface area contributed by atoms with Gasteiger partial charge in [-0.3, -0.25) is 0 Å². The summed E-state index contributed by atoms with van der Waals surface area (Å²) in [5, 5.41) is 21.6. The van der Waals surface area contributed by atoms with Crippen molar-refractivity contribution in [3.8, 4) is 11.8 Å². The second-order valence-corrected chi connectivity index (χ2v) is 4.61. The van der Waals surface area contributed by atoms with E-state index in [1.807, 2.05) is 20.2 Å². The van der Waals surface area contributed by atoms with Gasteiger partial charge in [0.1, 0.15) is 18.5 Å². The molecule has 0 aliphatic carbocycles. The summed E-state index contributed by atoms with van der Waals surface area (Å²) in [6.45, 7) is 2.46. The number of ether oxygens (including phenoxy) is 1. The van der Waals surface area contributed by atoms with Gasteiger partial charge < -0.3 is 20.1 Å². The highest BCUT2D eigenvalue weighted by molar-refractivity contribution is 5.36. The first kappa shape index (κ1) is 15.4. The average Bonchev–Trinajstić information content (AvgIpc) is 2.41. The standard InChI is InChI=1S/C14H21N3O2/c1-17(2)7-6-16-10-13(18)11-19-14-5-3-4-12(8-14)9-15/h3-5,8,13,16,18H,6-7,10-11H2,1-2H3. The Bertz CT molecular complexity index is 415. The second-order valence-electron chi connectivity index (χ2n) is 4.61. The molecule has 2 N–H and O–H groups in total. The SMILES string of the molecule is CN(C)CCNCC(O)COc1cccc(C#N)c1. The fourth-order valence-corrected chi connectivity index (χ4v) is 1.48. The van der Waals surface area contributed by atoms with Crippen LogP contribution in [0.4, 0.5) is 0 Å². The van der Waals surface area contributed by atoms with Crippen molar-refractivity contribution in [2.75, 3.05) is 40.3 Å². The van der Waals surface area contributed by atoms with Gasteiger partial charge in [0.2, 0.25) is 0 Å². The Labute approximate surface area is 114 Å². The van der Waals surface area contributed by atoms with Gasteiger partial charge in [0.15, 0.2) is 0 Å². The molecule has 0 spiro atoms. The molecule has 104 valence electrons. The van der Waals surface area contributed by atoms with Gasteiger partial charge in [-0.25, -0.2) is 0 Å². The molecule has 0 heterocycles. The van der Waals surface area contributed by atoms with E-state index in [9.17, 15) is 5.11 Å². The summed E-state index contributed by atoms with van der Waals surface area (Å²) in [6, 6.07) is 8.95. The highest BCUT2D eigenvalue weighted by Crippen LogP contribution is 2.12. The predicted octanol–water partition coefficient (Wildman–Crippen LogP) is 0.449.